The van der Waals surface area contributed by atoms with Crippen molar-refractivity contribution in [1.82, 2.24) is 9.62 Å². The Labute approximate surface area is 183 Å². The van der Waals surface area contributed by atoms with Gasteiger partial charge in [0, 0.05) is 23.7 Å². The molecule has 2 aromatic carbocycles. The fourth-order valence-corrected chi connectivity index (χ4v) is 5.09. The lowest BCUT2D eigenvalue weighted by molar-refractivity contribution is -0.117. The molecule has 162 valence electrons. The highest BCUT2D eigenvalue weighted by molar-refractivity contribution is 7.98. The van der Waals surface area contributed by atoms with E-state index in [2.05, 4.69) is 14.9 Å². The number of hydrogen-bond acceptors (Lipinski definition) is 5. The molecule has 0 bridgehead atoms. The van der Waals surface area contributed by atoms with Gasteiger partial charge in [0.25, 0.3) is 0 Å². The monoisotopic (exact) mass is 447 g/mol. The van der Waals surface area contributed by atoms with Crippen LogP contribution in [0.4, 0.5) is 5.69 Å². The summed E-state index contributed by atoms with van der Waals surface area (Å²) in [6, 6.07) is 14.6. The van der Waals surface area contributed by atoms with Gasteiger partial charge in [-0.2, -0.15) is 0 Å². The third-order valence-electron chi connectivity index (χ3n) is 5.24. The number of benzene rings is 2. The molecule has 2 N–H and O–H groups in total. The number of anilines is 1. The molecule has 0 radical (unpaired) electrons. The van der Waals surface area contributed by atoms with Crippen LogP contribution in [0.1, 0.15) is 18.4 Å². The lowest BCUT2D eigenvalue weighted by atomic mass is 9.98. The number of nitrogens with one attached hydrogen (secondary N) is 2. The summed E-state index contributed by atoms with van der Waals surface area (Å²) in [7, 11) is -3.51. The number of aryl methyl sites for hydroxylation is 1. The molecule has 1 heterocycles. The third kappa shape index (κ3) is 6.57. The van der Waals surface area contributed by atoms with Crippen LogP contribution in [-0.2, 0) is 14.8 Å². The van der Waals surface area contributed by atoms with Gasteiger partial charge in [0.05, 0.1) is 11.4 Å². The van der Waals surface area contributed by atoms with Crippen molar-refractivity contribution in [2.75, 3.05) is 37.8 Å². The molecule has 1 fully saturated rings. The van der Waals surface area contributed by atoms with Crippen molar-refractivity contribution >= 4 is 33.4 Å². The van der Waals surface area contributed by atoms with Crippen LogP contribution in [0.3, 0.4) is 0 Å². The van der Waals surface area contributed by atoms with Crippen molar-refractivity contribution in [3.63, 3.8) is 0 Å². The Morgan fingerprint density at radius 3 is 2.50 bits per heavy atom. The largest absolute Gasteiger partial charge is 0.325 e. The van der Waals surface area contributed by atoms with Crippen molar-refractivity contribution in [3.8, 4) is 0 Å². The predicted molar refractivity (Wildman–Crippen MR) is 122 cm³/mol. The van der Waals surface area contributed by atoms with Gasteiger partial charge >= 0.3 is 0 Å². The molecular formula is C22H29N3O3S2. The first kappa shape index (κ1) is 22.8. The summed E-state index contributed by atoms with van der Waals surface area (Å²) in [6.07, 6.45) is 3.92. The number of piperidine rings is 1. The molecule has 3 rings (SSSR count). The molecule has 0 aromatic heterocycles. The Hall–Kier alpha value is -1.87. The SMILES string of the molecule is CSc1ccc(NC(=O)CN2CCCC(CNS(=O)(=O)c3ccc(C)cc3)C2)cc1. The van der Waals surface area contributed by atoms with E-state index in [1.54, 1.807) is 36.0 Å². The van der Waals surface area contributed by atoms with Gasteiger partial charge in [-0.15, -0.1) is 11.8 Å². The van der Waals surface area contributed by atoms with Crippen LogP contribution in [0.2, 0.25) is 0 Å². The molecule has 1 atom stereocenters. The highest BCUT2D eigenvalue weighted by Crippen LogP contribution is 2.19. The topological polar surface area (TPSA) is 78.5 Å². The molecule has 6 nitrogen and oxygen atoms in total. The van der Waals surface area contributed by atoms with E-state index >= 15 is 0 Å². The van der Waals surface area contributed by atoms with Gasteiger partial charge in [0.2, 0.25) is 15.9 Å². The van der Waals surface area contributed by atoms with E-state index in [1.807, 2.05) is 37.4 Å². The lowest BCUT2D eigenvalue weighted by Gasteiger charge is -2.32. The fourth-order valence-electron chi connectivity index (χ4n) is 3.57. The smallest absolute Gasteiger partial charge is 0.240 e. The number of likely N-dealkylation sites (tertiary alicyclic amines) is 1. The third-order valence-corrected chi connectivity index (χ3v) is 7.42. The minimum Gasteiger partial charge on any atom is -0.325 e. The molecule has 1 aliphatic heterocycles. The van der Waals surface area contributed by atoms with Crippen LogP contribution in [0.25, 0.3) is 0 Å². The van der Waals surface area contributed by atoms with E-state index in [0.29, 0.717) is 19.6 Å². The summed E-state index contributed by atoms with van der Waals surface area (Å²) >= 11 is 1.66. The van der Waals surface area contributed by atoms with E-state index < -0.39 is 10.0 Å². The molecule has 1 amide bonds. The number of amides is 1. The summed E-state index contributed by atoms with van der Waals surface area (Å²) < 4.78 is 27.7. The highest BCUT2D eigenvalue weighted by Gasteiger charge is 2.23. The van der Waals surface area contributed by atoms with Crippen molar-refractivity contribution < 1.29 is 13.2 Å². The number of rotatable bonds is 8. The molecule has 30 heavy (non-hydrogen) atoms. The zero-order chi connectivity index (χ0) is 21.6. The Kier molecular flexibility index (Phi) is 7.93. The number of carbonyl (C=O) groups is 1. The second kappa shape index (κ2) is 10.4. The van der Waals surface area contributed by atoms with Crippen molar-refractivity contribution in [2.24, 2.45) is 5.92 Å². The second-order valence-corrected chi connectivity index (χ2v) is 10.3. The summed E-state index contributed by atoms with van der Waals surface area (Å²) in [4.78, 5) is 15.9. The number of thioether (sulfide) groups is 1. The number of sulfonamides is 1. The van der Waals surface area contributed by atoms with Crippen LogP contribution < -0.4 is 10.0 Å². The maximum absolute atomic E-state index is 12.5. The summed E-state index contributed by atoms with van der Waals surface area (Å²) in [6.45, 7) is 4.17. The van der Waals surface area contributed by atoms with Crippen LogP contribution >= 0.6 is 11.8 Å². The fraction of sp³-hybridized carbons (Fsp3) is 0.409. The first-order valence-corrected chi connectivity index (χ1v) is 12.8. The molecule has 8 heteroatoms. The average molecular weight is 448 g/mol. The minimum atomic E-state index is -3.51. The number of carbonyl (C=O) groups excluding carboxylic acids is 1. The van der Waals surface area contributed by atoms with Gasteiger partial charge < -0.3 is 5.32 Å². The second-order valence-electron chi connectivity index (χ2n) is 7.68. The van der Waals surface area contributed by atoms with E-state index in [1.165, 1.54) is 0 Å². The van der Waals surface area contributed by atoms with Crippen molar-refractivity contribution in [3.05, 3.63) is 54.1 Å². The van der Waals surface area contributed by atoms with E-state index in [9.17, 15) is 13.2 Å². The average Bonchev–Trinajstić information content (AvgIpc) is 2.73. The minimum absolute atomic E-state index is 0.0483. The number of hydrogen-bond donors (Lipinski definition) is 2. The van der Waals surface area contributed by atoms with E-state index in [4.69, 9.17) is 0 Å². The van der Waals surface area contributed by atoms with Crippen LogP contribution in [0.15, 0.2) is 58.3 Å². The quantitative estimate of drug-likeness (QED) is 0.607. The maximum atomic E-state index is 12.5. The first-order valence-electron chi connectivity index (χ1n) is 10.1. The van der Waals surface area contributed by atoms with E-state index in [-0.39, 0.29) is 16.7 Å². The lowest BCUT2D eigenvalue weighted by Crippen LogP contribution is -2.43. The van der Waals surface area contributed by atoms with Gasteiger partial charge in [-0.25, -0.2) is 13.1 Å². The zero-order valence-electron chi connectivity index (χ0n) is 17.4. The standard InChI is InChI=1S/C22H29N3O3S2/c1-17-5-11-21(12-6-17)30(27,28)23-14-18-4-3-13-25(15-18)16-22(26)24-19-7-9-20(29-2)10-8-19/h5-12,18,23H,3-4,13-16H2,1-2H3,(H,24,26). The molecule has 0 aliphatic carbocycles. The van der Waals surface area contributed by atoms with Gasteiger partial charge in [-0.1, -0.05) is 17.7 Å². The summed E-state index contributed by atoms with van der Waals surface area (Å²) in [5, 5.41) is 2.94. The van der Waals surface area contributed by atoms with Gasteiger partial charge in [0.1, 0.15) is 0 Å². The molecule has 0 saturated carbocycles. The highest BCUT2D eigenvalue weighted by atomic mass is 32.2. The molecule has 1 unspecified atom stereocenters. The van der Waals surface area contributed by atoms with Crippen molar-refractivity contribution in [2.45, 2.75) is 29.6 Å². The van der Waals surface area contributed by atoms with Crippen LogP contribution in [0, 0.1) is 12.8 Å². The zero-order valence-corrected chi connectivity index (χ0v) is 19.1. The summed E-state index contributed by atoms with van der Waals surface area (Å²) in [5.74, 6) is 0.139. The molecule has 1 aliphatic rings. The number of nitrogens with zero attached hydrogens (tertiary/aromatic N) is 1. The summed E-state index contributed by atoms with van der Waals surface area (Å²) in [5.41, 5.74) is 1.81. The van der Waals surface area contributed by atoms with Gasteiger partial charge in [-0.3, -0.25) is 9.69 Å². The Balaban J connectivity index is 1.48. The molecular weight excluding hydrogens is 418 g/mol. The molecule has 2 aromatic rings. The Morgan fingerprint density at radius 1 is 1.13 bits per heavy atom. The predicted octanol–water partition coefficient (Wildman–Crippen LogP) is 3.35. The maximum Gasteiger partial charge on any atom is 0.240 e. The molecule has 1 saturated heterocycles. The van der Waals surface area contributed by atoms with E-state index in [0.717, 1.165) is 35.5 Å². The van der Waals surface area contributed by atoms with Gasteiger partial charge in [0.15, 0.2) is 0 Å². The Morgan fingerprint density at radius 2 is 1.83 bits per heavy atom. The van der Waals surface area contributed by atoms with Crippen LogP contribution in [0.5, 0.6) is 0 Å². The van der Waals surface area contributed by atoms with Gasteiger partial charge in [-0.05, 0) is 74.9 Å². The van der Waals surface area contributed by atoms with Crippen LogP contribution in [-0.4, -0.2) is 51.7 Å². The molecule has 0 spiro atoms. The Bertz CT molecular complexity index is 945. The first-order chi connectivity index (χ1) is 14.4. The van der Waals surface area contributed by atoms with Crippen molar-refractivity contribution in [1.29, 1.82) is 0 Å². The normalized spacial score (nSPS) is 17.6.